The van der Waals surface area contributed by atoms with Crippen molar-refractivity contribution >= 4 is 17.5 Å². The molecule has 3 fully saturated rings. The number of anilines is 1. The van der Waals surface area contributed by atoms with Crippen LogP contribution < -0.4 is 5.32 Å². The summed E-state index contributed by atoms with van der Waals surface area (Å²) in [4.78, 5) is 31.5. The lowest BCUT2D eigenvalue weighted by atomic mass is 9.75. The number of carbonyl (C=O) groups excluding carboxylic acids is 2. The molecule has 0 unspecified atom stereocenters. The lowest BCUT2D eigenvalue weighted by Gasteiger charge is -2.37. The Balaban J connectivity index is 1.33. The van der Waals surface area contributed by atoms with Gasteiger partial charge >= 0.3 is 0 Å². The first kappa shape index (κ1) is 19.8. The number of fused-ring (bicyclic) bond motifs is 1. The molecule has 5 nitrogen and oxygen atoms in total. The molecule has 2 aromatic carbocycles. The molecule has 3 heterocycles. The molecule has 3 aliphatic heterocycles. The average Bonchev–Trinajstić information content (AvgIpc) is 3.45. The van der Waals surface area contributed by atoms with E-state index in [1.165, 1.54) is 30.4 Å². The van der Waals surface area contributed by atoms with Crippen LogP contribution in [0.3, 0.4) is 0 Å². The van der Waals surface area contributed by atoms with Crippen LogP contribution in [0.1, 0.15) is 56.1 Å². The van der Waals surface area contributed by atoms with Crippen molar-refractivity contribution < 1.29 is 9.59 Å². The Hall–Kier alpha value is -2.82. The third kappa shape index (κ3) is 2.83. The summed E-state index contributed by atoms with van der Waals surface area (Å²) in [5.74, 6) is 0.271. The average molecular weight is 430 g/mol. The number of benzene rings is 2. The molecule has 2 saturated heterocycles. The van der Waals surface area contributed by atoms with Gasteiger partial charge in [0.1, 0.15) is 12.2 Å². The Morgan fingerprint density at radius 1 is 1.00 bits per heavy atom. The summed E-state index contributed by atoms with van der Waals surface area (Å²) >= 11 is 0. The molecular weight excluding hydrogens is 398 g/mol. The minimum Gasteiger partial charge on any atom is -0.364 e. The second-order valence-electron chi connectivity index (χ2n) is 9.90. The van der Waals surface area contributed by atoms with Crippen molar-refractivity contribution in [2.75, 3.05) is 11.9 Å². The summed E-state index contributed by atoms with van der Waals surface area (Å²) in [6.45, 7) is 0.662. The molecule has 6 rings (SSSR count). The van der Waals surface area contributed by atoms with E-state index in [1.807, 2.05) is 23.1 Å². The molecule has 0 aromatic heterocycles. The zero-order valence-corrected chi connectivity index (χ0v) is 18.5. The Labute approximate surface area is 189 Å². The maximum Gasteiger partial charge on any atom is 0.248 e. The van der Waals surface area contributed by atoms with Crippen molar-refractivity contribution in [1.29, 1.82) is 0 Å². The minimum absolute atomic E-state index is 0.0348. The standard InChI is InChI=1S/C27H31N3O2/c31-23(16-15-19-9-3-1-4-10-19)29-18-17-27-21-13-7-8-14-22(21)28-26(27)30(25(32)24(27)29)20-11-5-2-6-12-20/h1,3-4,7-10,13-14,20,24,26,28H,2,5-6,11-12,15-18H2/t24-,26-,27+/m0/s1. The smallest absolute Gasteiger partial charge is 0.248 e. The van der Waals surface area contributed by atoms with E-state index in [0.29, 0.717) is 19.4 Å². The number of para-hydroxylation sites is 1. The summed E-state index contributed by atoms with van der Waals surface area (Å²) in [6.07, 6.45) is 7.76. The lowest BCUT2D eigenvalue weighted by molar-refractivity contribution is -0.142. The van der Waals surface area contributed by atoms with Gasteiger partial charge in [-0.25, -0.2) is 0 Å². The van der Waals surface area contributed by atoms with E-state index in [1.54, 1.807) is 0 Å². The number of hydrogen-bond donors (Lipinski definition) is 1. The van der Waals surface area contributed by atoms with Gasteiger partial charge in [-0.1, -0.05) is 67.8 Å². The first-order chi connectivity index (χ1) is 15.7. The lowest BCUT2D eigenvalue weighted by Crippen LogP contribution is -2.50. The molecule has 166 valence electrons. The highest BCUT2D eigenvalue weighted by Crippen LogP contribution is 2.57. The van der Waals surface area contributed by atoms with E-state index in [-0.39, 0.29) is 35.5 Å². The molecular formula is C27H31N3O2. The Morgan fingerprint density at radius 2 is 1.75 bits per heavy atom. The summed E-state index contributed by atoms with van der Waals surface area (Å²) in [7, 11) is 0. The van der Waals surface area contributed by atoms with Crippen molar-refractivity contribution in [3.05, 3.63) is 65.7 Å². The first-order valence-corrected chi connectivity index (χ1v) is 12.2. The van der Waals surface area contributed by atoms with Crippen molar-refractivity contribution in [2.45, 2.75) is 75.0 Å². The van der Waals surface area contributed by atoms with Gasteiger partial charge in [-0.2, -0.15) is 0 Å². The van der Waals surface area contributed by atoms with Crippen molar-refractivity contribution in [1.82, 2.24) is 9.80 Å². The highest BCUT2D eigenvalue weighted by Gasteiger charge is 2.69. The maximum atomic E-state index is 14.0. The number of amides is 2. The fraction of sp³-hybridized carbons (Fsp3) is 0.481. The van der Waals surface area contributed by atoms with Gasteiger partial charge in [0, 0.05) is 24.7 Å². The number of hydrogen-bond acceptors (Lipinski definition) is 3. The van der Waals surface area contributed by atoms with Crippen LogP contribution in [0.5, 0.6) is 0 Å². The van der Waals surface area contributed by atoms with Gasteiger partial charge in [-0.05, 0) is 42.9 Å². The van der Waals surface area contributed by atoms with Gasteiger partial charge in [0.15, 0.2) is 0 Å². The molecule has 4 aliphatic rings. The van der Waals surface area contributed by atoms with Crippen LogP contribution in [-0.2, 0) is 21.4 Å². The number of carbonyl (C=O) groups is 2. The molecule has 5 heteroatoms. The molecule has 0 radical (unpaired) electrons. The summed E-state index contributed by atoms with van der Waals surface area (Å²) < 4.78 is 0. The minimum atomic E-state index is -0.381. The summed E-state index contributed by atoms with van der Waals surface area (Å²) in [6, 6.07) is 18.5. The van der Waals surface area contributed by atoms with Crippen molar-refractivity contribution in [3.63, 3.8) is 0 Å². The number of nitrogens with one attached hydrogen (secondary N) is 1. The van der Waals surface area contributed by atoms with Crippen LogP contribution in [0.25, 0.3) is 0 Å². The number of likely N-dealkylation sites (tertiary alicyclic amines) is 2. The van der Waals surface area contributed by atoms with Gasteiger partial charge in [0.25, 0.3) is 0 Å². The topological polar surface area (TPSA) is 52.7 Å². The van der Waals surface area contributed by atoms with E-state index < -0.39 is 0 Å². The SMILES string of the molecule is O=C(CCc1ccccc1)N1CC[C@]23c4ccccc4N[C@H]2N(C2CCCCC2)C(=O)[C@H]13. The quantitative estimate of drug-likeness (QED) is 0.797. The molecule has 1 saturated carbocycles. The number of rotatable bonds is 4. The van der Waals surface area contributed by atoms with E-state index in [0.717, 1.165) is 24.9 Å². The Morgan fingerprint density at radius 3 is 2.56 bits per heavy atom. The Kier molecular flexibility index (Phi) is 4.74. The van der Waals surface area contributed by atoms with E-state index in [9.17, 15) is 9.59 Å². The largest absolute Gasteiger partial charge is 0.364 e. The predicted octanol–water partition coefficient (Wildman–Crippen LogP) is 4.08. The van der Waals surface area contributed by atoms with Crippen LogP contribution in [0.4, 0.5) is 5.69 Å². The van der Waals surface area contributed by atoms with Crippen LogP contribution >= 0.6 is 0 Å². The molecule has 1 aliphatic carbocycles. The molecule has 3 atom stereocenters. The highest BCUT2D eigenvalue weighted by molar-refractivity contribution is 5.95. The molecule has 2 amide bonds. The predicted molar refractivity (Wildman–Crippen MR) is 124 cm³/mol. The van der Waals surface area contributed by atoms with E-state index in [2.05, 4.69) is 46.6 Å². The zero-order valence-electron chi connectivity index (χ0n) is 18.5. The normalized spacial score (nSPS) is 28.9. The summed E-state index contributed by atoms with van der Waals surface area (Å²) in [5, 5.41) is 3.72. The van der Waals surface area contributed by atoms with Gasteiger partial charge in [0.05, 0.1) is 5.41 Å². The number of nitrogens with zero attached hydrogens (tertiary/aromatic N) is 2. The van der Waals surface area contributed by atoms with E-state index >= 15 is 0 Å². The first-order valence-electron chi connectivity index (χ1n) is 12.2. The van der Waals surface area contributed by atoms with Gasteiger partial charge in [-0.15, -0.1) is 0 Å². The molecule has 2 aromatic rings. The van der Waals surface area contributed by atoms with E-state index in [4.69, 9.17) is 0 Å². The summed E-state index contributed by atoms with van der Waals surface area (Å²) in [5.41, 5.74) is 3.20. The Bertz CT molecular complexity index is 1030. The van der Waals surface area contributed by atoms with Crippen molar-refractivity contribution in [2.24, 2.45) is 0 Å². The number of aryl methyl sites for hydroxylation is 1. The van der Waals surface area contributed by atoms with Gasteiger partial charge in [-0.3, -0.25) is 9.59 Å². The zero-order chi connectivity index (χ0) is 21.7. The monoisotopic (exact) mass is 429 g/mol. The van der Waals surface area contributed by atoms with Crippen LogP contribution in [0.15, 0.2) is 54.6 Å². The van der Waals surface area contributed by atoms with Crippen molar-refractivity contribution in [3.8, 4) is 0 Å². The molecule has 1 N–H and O–H groups in total. The fourth-order valence-electron chi connectivity index (χ4n) is 6.85. The highest BCUT2D eigenvalue weighted by atomic mass is 16.2. The third-order valence-corrected chi connectivity index (χ3v) is 8.30. The molecule has 1 spiro atoms. The molecule has 32 heavy (non-hydrogen) atoms. The van der Waals surface area contributed by atoms with Gasteiger partial charge in [0.2, 0.25) is 11.8 Å². The van der Waals surface area contributed by atoms with Crippen LogP contribution in [0, 0.1) is 0 Å². The van der Waals surface area contributed by atoms with Gasteiger partial charge < -0.3 is 15.1 Å². The second kappa shape index (κ2) is 7.65. The van der Waals surface area contributed by atoms with Crippen LogP contribution in [-0.4, -0.2) is 46.4 Å². The second-order valence-corrected chi connectivity index (χ2v) is 9.90. The van der Waals surface area contributed by atoms with Crippen LogP contribution in [0.2, 0.25) is 0 Å². The fourth-order valence-corrected chi connectivity index (χ4v) is 6.85. The molecule has 0 bridgehead atoms. The third-order valence-electron chi connectivity index (χ3n) is 8.30. The maximum absolute atomic E-state index is 14.0.